The Bertz CT molecular complexity index is 586. The maximum atomic E-state index is 12.1. The summed E-state index contributed by atoms with van der Waals surface area (Å²) in [5.41, 5.74) is 0.266. The summed E-state index contributed by atoms with van der Waals surface area (Å²) in [4.78, 5) is 21.9. The van der Waals surface area contributed by atoms with Crippen LogP contribution in [0.15, 0.2) is 36.2 Å². The molecule has 8 heteroatoms. The number of benzene rings is 1. The molecule has 0 unspecified atom stereocenters. The van der Waals surface area contributed by atoms with E-state index >= 15 is 0 Å². The van der Waals surface area contributed by atoms with Gasteiger partial charge >= 0.3 is 7.60 Å². The Labute approximate surface area is 128 Å². The number of nitro groups is 1. The van der Waals surface area contributed by atoms with E-state index in [1.807, 2.05) is 0 Å². The lowest BCUT2D eigenvalue weighted by Gasteiger charge is -2.12. The summed E-state index contributed by atoms with van der Waals surface area (Å²) >= 11 is 0. The third kappa shape index (κ3) is 5.52. The van der Waals surface area contributed by atoms with Gasteiger partial charge in [0.05, 0.1) is 18.1 Å². The molecule has 1 aromatic carbocycles. The van der Waals surface area contributed by atoms with E-state index in [-0.39, 0.29) is 31.1 Å². The summed E-state index contributed by atoms with van der Waals surface area (Å²) in [5, 5.41) is 10.5. The smallest absolute Gasteiger partial charge is 0.306 e. The number of ketones is 1. The first kappa shape index (κ1) is 18.2. The number of allylic oxidation sites excluding steroid dienone is 1. The molecule has 0 fully saturated rings. The Balaban J connectivity index is 2.70. The van der Waals surface area contributed by atoms with Crippen LogP contribution in [-0.4, -0.2) is 23.9 Å². The SMILES string of the molecule is CCOP(=O)(/C=C/CC(=O)c1ccc([N+](=O)[O-])cc1)OCC. The molecule has 0 radical (unpaired) electrons. The van der Waals surface area contributed by atoms with E-state index in [0.29, 0.717) is 5.56 Å². The van der Waals surface area contributed by atoms with E-state index in [1.165, 1.54) is 36.2 Å². The Morgan fingerprint density at radius 1 is 1.23 bits per heavy atom. The molecule has 0 heterocycles. The zero-order chi connectivity index (χ0) is 16.6. The lowest BCUT2D eigenvalue weighted by molar-refractivity contribution is -0.384. The molecule has 0 amide bonds. The number of nitro benzene ring substituents is 1. The van der Waals surface area contributed by atoms with Crippen LogP contribution < -0.4 is 0 Å². The van der Waals surface area contributed by atoms with Crippen molar-refractivity contribution in [3.05, 3.63) is 51.8 Å². The van der Waals surface area contributed by atoms with E-state index in [2.05, 4.69) is 0 Å². The van der Waals surface area contributed by atoms with Gasteiger partial charge in [-0.2, -0.15) is 0 Å². The first-order valence-corrected chi connectivity index (χ1v) is 8.37. The minimum absolute atomic E-state index is 0.00193. The number of non-ortho nitro benzene ring substituents is 1. The Morgan fingerprint density at radius 2 is 1.77 bits per heavy atom. The predicted molar refractivity (Wildman–Crippen MR) is 82.0 cm³/mol. The van der Waals surface area contributed by atoms with Crippen LogP contribution in [0.4, 0.5) is 5.69 Å². The molecule has 0 aliphatic heterocycles. The number of hydrogen-bond donors (Lipinski definition) is 0. The monoisotopic (exact) mass is 327 g/mol. The summed E-state index contributed by atoms with van der Waals surface area (Å²) in [5.74, 6) is 1.02. The zero-order valence-corrected chi connectivity index (χ0v) is 13.3. The van der Waals surface area contributed by atoms with Crippen LogP contribution in [0, 0.1) is 10.1 Å². The van der Waals surface area contributed by atoms with E-state index in [4.69, 9.17) is 9.05 Å². The van der Waals surface area contributed by atoms with Gasteiger partial charge in [0.25, 0.3) is 5.69 Å². The van der Waals surface area contributed by atoms with Gasteiger partial charge < -0.3 is 9.05 Å². The molecule has 0 saturated heterocycles. The van der Waals surface area contributed by atoms with Gasteiger partial charge in [-0.15, -0.1) is 0 Å². The van der Waals surface area contributed by atoms with Crippen LogP contribution in [0.3, 0.4) is 0 Å². The topological polar surface area (TPSA) is 95.7 Å². The molecule has 7 nitrogen and oxygen atoms in total. The van der Waals surface area contributed by atoms with E-state index in [0.717, 1.165) is 0 Å². The number of carbonyl (C=O) groups excluding carboxylic acids is 1. The van der Waals surface area contributed by atoms with Gasteiger partial charge in [-0.1, -0.05) is 6.08 Å². The van der Waals surface area contributed by atoms with Crippen molar-refractivity contribution in [3.8, 4) is 0 Å². The summed E-state index contributed by atoms with van der Waals surface area (Å²) in [6, 6.07) is 5.31. The number of nitrogens with zero attached hydrogens (tertiary/aromatic N) is 1. The molecule has 0 saturated carbocycles. The van der Waals surface area contributed by atoms with Crippen LogP contribution in [0.1, 0.15) is 30.6 Å². The fourth-order valence-electron chi connectivity index (χ4n) is 1.66. The van der Waals surface area contributed by atoms with Gasteiger partial charge in [-0.3, -0.25) is 19.5 Å². The van der Waals surface area contributed by atoms with Crippen LogP contribution in [0.5, 0.6) is 0 Å². The van der Waals surface area contributed by atoms with Crippen molar-refractivity contribution < 1.29 is 23.3 Å². The first-order chi connectivity index (χ1) is 10.4. The third-order valence-corrected chi connectivity index (χ3v) is 4.42. The van der Waals surface area contributed by atoms with Crippen molar-refractivity contribution in [1.29, 1.82) is 0 Å². The molecule has 1 aromatic rings. The number of Topliss-reactive ketones (excluding diaryl/α,β-unsaturated/α-hetero) is 1. The third-order valence-electron chi connectivity index (χ3n) is 2.61. The van der Waals surface area contributed by atoms with Gasteiger partial charge in [0.2, 0.25) is 0 Å². The second kappa shape index (κ2) is 8.58. The van der Waals surface area contributed by atoms with Crippen molar-refractivity contribution in [2.75, 3.05) is 13.2 Å². The largest absolute Gasteiger partial charge is 0.353 e. The molecule has 22 heavy (non-hydrogen) atoms. The highest BCUT2D eigenvalue weighted by Gasteiger charge is 2.19. The quantitative estimate of drug-likeness (QED) is 0.295. The summed E-state index contributed by atoms with van der Waals surface area (Å²) in [7, 11) is -3.31. The molecule has 0 aliphatic carbocycles. The highest BCUT2D eigenvalue weighted by atomic mass is 31.2. The first-order valence-electron chi connectivity index (χ1n) is 6.76. The molecule has 1 rings (SSSR count). The van der Waals surface area contributed by atoms with E-state index < -0.39 is 12.5 Å². The van der Waals surface area contributed by atoms with Crippen molar-refractivity contribution in [2.45, 2.75) is 20.3 Å². The van der Waals surface area contributed by atoms with Gasteiger partial charge in [0, 0.05) is 29.9 Å². The van der Waals surface area contributed by atoms with Crippen molar-refractivity contribution in [1.82, 2.24) is 0 Å². The molecule has 0 N–H and O–H groups in total. The Kier molecular flexibility index (Phi) is 7.11. The van der Waals surface area contributed by atoms with Crippen LogP contribution in [0.25, 0.3) is 0 Å². The lowest BCUT2D eigenvalue weighted by Crippen LogP contribution is -1.98. The number of hydrogen-bond acceptors (Lipinski definition) is 6. The van der Waals surface area contributed by atoms with Gasteiger partial charge in [0.1, 0.15) is 0 Å². The average Bonchev–Trinajstić information content (AvgIpc) is 2.47. The van der Waals surface area contributed by atoms with E-state index in [1.54, 1.807) is 13.8 Å². The van der Waals surface area contributed by atoms with Crippen molar-refractivity contribution in [3.63, 3.8) is 0 Å². The summed E-state index contributed by atoms with van der Waals surface area (Å²) in [6.45, 7) is 3.86. The highest BCUT2D eigenvalue weighted by molar-refractivity contribution is 7.57. The van der Waals surface area contributed by atoms with Crippen LogP contribution >= 0.6 is 7.60 Å². The fourth-order valence-corrected chi connectivity index (χ4v) is 2.99. The number of carbonyl (C=O) groups is 1. The minimum Gasteiger partial charge on any atom is -0.306 e. The highest BCUT2D eigenvalue weighted by Crippen LogP contribution is 2.49. The molecular formula is C14H18NO6P. The summed E-state index contributed by atoms with van der Waals surface area (Å²) in [6.07, 6.45) is 1.43. The molecule has 0 aliphatic rings. The molecule has 120 valence electrons. The summed E-state index contributed by atoms with van der Waals surface area (Å²) < 4.78 is 22.3. The molecular weight excluding hydrogens is 309 g/mol. The molecule has 0 spiro atoms. The van der Waals surface area contributed by atoms with Gasteiger partial charge in [-0.25, -0.2) is 0 Å². The van der Waals surface area contributed by atoms with Crippen molar-refractivity contribution in [2.24, 2.45) is 0 Å². The van der Waals surface area contributed by atoms with Crippen molar-refractivity contribution >= 4 is 19.1 Å². The molecule has 0 bridgehead atoms. The minimum atomic E-state index is -3.31. The normalized spacial score (nSPS) is 11.7. The standard InChI is InChI=1S/C14H18NO6P/c1-3-20-22(19,21-4-2)11-5-6-14(16)12-7-9-13(10-8-12)15(17)18/h5,7-11H,3-4,6H2,1-2H3/b11-5+. The fraction of sp³-hybridized carbons (Fsp3) is 0.357. The van der Waals surface area contributed by atoms with Crippen LogP contribution in [-0.2, 0) is 13.6 Å². The maximum Gasteiger partial charge on any atom is 0.353 e. The van der Waals surface area contributed by atoms with Crippen LogP contribution in [0.2, 0.25) is 0 Å². The maximum absolute atomic E-state index is 12.1. The van der Waals surface area contributed by atoms with E-state index in [9.17, 15) is 19.5 Å². The van der Waals surface area contributed by atoms with Gasteiger partial charge in [0.15, 0.2) is 5.78 Å². The second-order valence-electron chi connectivity index (χ2n) is 4.19. The van der Waals surface area contributed by atoms with Gasteiger partial charge in [-0.05, 0) is 26.0 Å². The lowest BCUT2D eigenvalue weighted by atomic mass is 10.1. The second-order valence-corrected chi connectivity index (χ2v) is 6.09. The molecule has 0 aromatic heterocycles. The number of rotatable bonds is 9. The predicted octanol–water partition coefficient (Wildman–Crippen LogP) is 3.95. The zero-order valence-electron chi connectivity index (χ0n) is 12.4. The Hall–Kier alpha value is -1.82. The Morgan fingerprint density at radius 3 is 2.23 bits per heavy atom. The average molecular weight is 327 g/mol. The molecule has 0 atom stereocenters.